The van der Waals surface area contributed by atoms with E-state index in [4.69, 9.17) is 0 Å². The number of hydrogen-bond acceptors (Lipinski definition) is 2. The maximum atomic E-state index is 3.59. The number of benzene rings is 1. The van der Waals surface area contributed by atoms with Crippen molar-refractivity contribution in [2.75, 3.05) is 18.5 Å². The van der Waals surface area contributed by atoms with Crippen molar-refractivity contribution in [2.45, 2.75) is 53.1 Å². The van der Waals surface area contributed by atoms with E-state index in [1.807, 2.05) is 0 Å². The Morgan fingerprint density at radius 3 is 2.55 bits per heavy atom. The third-order valence-electron chi connectivity index (χ3n) is 3.64. The summed E-state index contributed by atoms with van der Waals surface area (Å²) in [7, 11) is 2.21. The Labute approximate surface area is 133 Å². The summed E-state index contributed by atoms with van der Waals surface area (Å²) < 4.78 is 1.15. The van der Waals surface area contributed by atoms with Crippen molar-refractivity contribution in [3.63, 3.8) is 0 Å². The number of nitrogens with zero attached hydrogens (tertiary/aromatic N) is 1. The molecule has 0 spiro atoms. The van der Waals surface area contributed by atoms with Crippen molar-refractivity contribution in [3.05, 3.63) is 28.2 Å². The van der Waals surface area contributed by atoms with Gasteiger partial charge in [0.2, 0.25) is 0 Å². The molecular formula is C17H29BrN2. The van der Waals surface area contributed by atoms with Crippen molar-refractivity contribution >= 4 is 21.6 Å². The molecule has 114 valence electrons. The van der Waals surface area contributed by atoms with Gasteiger partial charge in [-0.2, -0.15) is 0 Å². The summed E-state index contributed by atoms with van der Waals surface area (Å²) in [6.45, 7) is 11.1. The van der Waals surface area contributed by atoms with E-state index in [2.05, 4.69) is 79.1 Å². The van der Waals surface area contributed by atoms with Crippen LogP contribution in [0.15, 0.2) is 22.7 Å². The standard InChI is InChI=1S/C17H29BrN2/c1-6-9-19-12-15-11-16(18)7-8-17(15)20(5)14(4)10-13(2)3/h7-8,11,13-14,19H,6,9-10,12H2,1-5H3. The molecule has 3 heteroatoms. The molecule has 0 aliphatic heterocycles. The zero-order chi connectivity index (χ0) is 15.1. The van der Waals surface area contributed by atoms with E-state index in [0.717, 1.165) is 23.5 Å². The van der Waals surface area contributed by atoms with Gasteiger partial charge in [-0.3, -0.25) is 0 Å². The highest BCUT2D eigenvalue weighted by atomic mass is 79.9. The summed E-state index contributed by atoms with van der Waals surface area (Å²) in [5, 5.41) is 3.51. The van der Waals surface area contributed by atoms with Gasteiger partial charge in [0, 0.05) is 29.8 Å². The quantitative estimate of drug-likeness (QED) is 0.682. The molecule has 0 fully saturated rings. The average Bonchev–Trinajstić information content (AvgIpc) is 2.37. The van der Waals surface area contributed by atoms with Crippen LogP contribution >= 0.6 is 15.9 Å². The third kappa shape index (κ3) is 5.45. The number of nitrogens with one attached hydrogen (secondary N) is 1. The van der Waals surface area contributed by atoms with E-state index in [-0.39, 0.29) is 0 Å². The van der Waals surface area contributed by atoms with Gasteiger partial charge in [0.25, 0.3) is 0 Å². The van der Waals surface area contributed by atoms with Crippen LogP contribution in [0.5, 0.6) is 0 Å². The van der Waals surface area contributed by atoms with Crippen LogP contribution in [0.3, 0.4) is 0 Å². The first kappa shape index (κ1) is 17.5. The second kappa shape index (κ2) is 8.68. The number of halogens is 1. The number of rotatable bonds is 8. The Morgan fingerprint density at radius 2 is 1.95 bits per heavy atom. The normalized spacial score (nSPS) is 12.8. The van der Waals surface area contributed by atoms with Gasteiger partial charge < -0.3 is 10.2 Å². The molecule has 20 heavy (non-hydrogen) atoms. The second-order valence-electron chi connectivity index (χ2n) is 6.04. The van der Waals surface area contributed by atoms with Gasteiger partial charge in [-0.1, -0.05) is 36.7 Å². The monoisotopic (exact) mass is 340 g/mol. The fourth-order valence-electron chi connectivity index (χ4n) is 2.52. The van der Waals surface area contributed by atoms with Crippen molar-refractivity contribution in [2.24, 2.45) is 5.92 Å². The zero-order valence-corrected chi connectivity index (χ0v) is 15.1. The lowest BCUT2D eigenvalue weighted by Gasteiger charge is -2.30. The molecule has 0 saturated heterocycles. The Balaban J connectivity index is 2.86. The zero-order valence-electron chi connectivity index (χ0n) is 13.5. The second-order valence-corrected chi connectivity index (χ2v) is 6.95. The molecule has 0 radical (unpaired) electrons. The van der Waals surface area contributed by atoms with Gasteiger partial charge in [-0.05, 0) is 56.0 Å². The average molecular weight is 341 g/mol. The van der Waals surface area contributed by atoms with Crippen LogP contribution in [0.2, 0.25) is 0 Å². The van der Waals surface area contributed by atoms with Crippen molar-refractivity contribution < 1.29 is 0 Å². The molecule has 1 aromatic rings. The fraction of sp³-hybridized carbons (Fsp3) is 0.647. The van der Waals surface area contributed by atoms with Crippen LogP contribution in [-0.4, -0.2) is 19.6 Å². The molecule has 1 unspecified atom stereocenters. The minimum atomic E-state index is 0.557. The van der Waals surface area contributed by atoms with E-state index in [0.29, 0.717) is 6.04 Å². The first-order chi connectivity index (χ1) is 9.45. The Hall–Kier alpha value is -0.540. The van der Waals surface area contributed by atoms with Crippen LogP contribution in [0.4, 0.5) is 5.69 Å². The third-order valence-corrected chi connectivity index (χ3v) is 4.13. The van der Waals surface area contributed by atoms with Gasteiger partial charge >= 0.3 is 0 Å². The first-order valence-electron chi connectivity index (χ1n) is 7.67. The topological polar surface area (TPSA) is 15.3 Å². The van der Waals surface area contributed by atoms with Crippen molar-refractivity contribution in [1.29, 1.82) is 0 Å². The Bertz CT molecular complexity index is 404. The molecule has 0 aliphatic rings. The number of anilines is 1. The highest BCUT2D eigenvalue weighted by molar-refractivity contribution is 9.10. The van der Waals surface area contributed by atoms with Crippen LogP contribution in [0.1, 0.15) is 46.1 Å². The molecule has 1 N–H and O–H groups in total. The van der Waals surface area contributed by atoms with Gasteiger partial charge in [0.1, 0.15) is 0 Å². The summed E-state index contributed by atoms with van der Waals surface area (Å²) >= 11 is 3.59. The minimum Gasteiger partial charge on any atom is -0.372 e. The maximum absolute atomic E-state index is 3.59. The van der Waals surface area contributed by atoms with Gasteiger partial charge in [-0.15, -0.1) is 0 Å². The molecule has 0 aliphatic carbocycles. The molecule has 0 heterocycles. The molecule has 2 nitrogen and oxygen atoms in total. The summed E-state index contributed by atoms with van der Waals surface area (Å²) in [6.07, 6.45) is 2.39. The molecule has 1 atom stereocenters. The lowest BCUT2D eigenvalue weighted by Crippen LogP contribution is -2.31. The van der Waals surface area contributed by atoms with E-state index >= 15 is 0 Å². The number of hydrogen-bond donors (Lipinski definition) is 1. The largest absolute Gasteiger partial charge is 0.372 e. The van der Waals surface area contributed by atoms with Crippen molar-refractivity contribution in [3.8, 4) is 0 Å². The first-order valence-corrected chi connectivity index (χ1v) is 8.47. The molecule has 0 amide bonds. The summed E-state index contributed by atoms with van der Waals surface area (Å²) in [5.41, 5.74) is 2.70. The van der Waals surface area contributed by atoms with E-state index in [1.165, 1.54) is 24.1 Å². The summed E-state index contributed by atoms with van der Waals surface area (Å²) in [4.78, 5) is 2.41. The van der Waals surface area contributed by atoms with Crippen LogP contribution in [0.25, 0.3) is 0 Å². The lowest BCUT2D eigenvalue weighted by molar-refractivity contribution is 0.503. The predicted molar refractivity (Wildman–Crippen MR) is 93.5 cm³/mol. The molecule has 1 aromatic carbocycles. The lowest BCUT2D eigenvalue weighted by atomic mass is 10.0. The molecule has 0 aromatic heterocycles. The minimum absolute atomic E-state index is 0.557. The maximum Gasteiger partial charge on any atom is 0.0412 e. The molecular weight excluding hydrogens is 312 g/mol. The summed E-state index contributed by atoms with van der Waals surface area (Å²) in [5.74, 6) is 0.726. The van der Waals surface area contributed by atoms with Crippen LogP contribution in [0, 0.1) is 5.92 Å². The molecule has 0 saturated carbocycles. The van der Waals surface area contributed by atoms with Gasteiger partial charge in [0.15, 0.2) is 0 Å². The SMILES string of the molecule is CCCNCc1cc(Br)ccc1N(C)C(C)CC(C)C. The van der Waals surface area contributed by atoms with E-state index < -0.39 is 0 Å². The molecule has 1 rings (SSSR count). The smallest absolute Gasteiger partial charge is 0.0412 e. The van der Waals surface area contributed by atoms with E-state index in [1.54, 1.807) is 0 Å². The fourth-order valence-corrected chi connectivity index (χ4v) is 2.93. The Kier molecular flexibility index (Phi) is 7.60. The van der Waals surface area contributed by atoms with Crippen LogP contribution < -0.4 is 10.2 Å². The van der Waals surface area contributed by atoms with E-state index in [9.17, 15) is 0 Å². The highest BCUT2D eigenvalue weighted by Crippen LogP contribution is 2.26. The van der Waals surface area contributed by atoms with Crippen molar-refractivity contribution in [1.82, 2.24) is 5.32 Å². The predicted octanol–water partition coefficient (Wildman–Crippen LogP) is 4.82. The Morgan fingerprint density at radius 1 is 1.25 bits per heavy atom. The van der Waals surface area contributed by atoms with Crippen LogP contribution in [-0.2, 0) is 6.54 Å². The highest BCUT2D eigenvalue weighted by Gasteiger charge is 2.15. The van der Waals surface area contributed by atoms with Gasteiger partial charge in [-0.25, -0.2) is 0 Å². The summed E-state index contributed by atoms with van der Waals surface area (Å²) in [6, 6.07) is 7.15. The molecule has 0 bridgehead atoms. The van der Waals surface area contributed by atoms with Gasteiger partial charge in [0.05, 0.1) is 0 Å².